The van der Waals surface area contributed by atoms with Crippen molar-refractivity contribution in [1.82, 2.24) is 9.55 Å². The highest BCUT2D eigenvalue weighted by Crippen LogP contribution is 2.22. The van der Waals surface area contributed by atoms with Gasteiger partial charge in [-0.2, -0.15) is 0 Å². The van der Waals surface area contributed by atoms with Gasteiger partial charge < -0.3 is 4.57 Å². The normalized spacial score (nSPS) is 10.7. The molecule has 0 aliphatic carbocycles. The van der Waals surface area contributed by atoms with Gasteiger partial charge in [-0.3, -0.25) is 0 Å². The van der Waals surface area contributed by atoms with Crippen LogP contribution in [-0.2, 0) is 6.54 Å². The number of halogens is 1. The van der Waals surface area contributed by atoms with Gasteiger partial charge in [-0.05, 0) is 29.1 Å². The van der Waals surface area contributed by atoms with E-state index in [1.165, 1.54) is 10.4 Å². The minimum atomic E-state index is 0.767. The molecule has 3 aromatic rings. The molecule has 0 radical (unpaired) electrons. The molecule has 2 heterocycles. The topological polar surface area (TPSA) is 17.8 Å². The molecule has 4 heteroatoms. The van der Waals surface area contributed by atoms with E-state index in [4.69, 9.17) is 11.6 Å². The molecular formula is C14H11ClN2S. The Labute approximate surface area is 114 Å². The third-order valence-corrected chi connectivity index (χ3v) is 3.83. The number of nitrogens with zero attached hydrogens (tertiary/aromatic N) is 2. The molecule has 0 aliphatic rings. The molecule has 0 saturated heterocycles. The smallest absolute Gasteiger partial charge is 0.0981 e. The predicted molar refractivity (Wildman–Crippen MR) is 76.1 cm³/mol. The van der Waals surface area contributed by atoms with Gasteiger partial charge in [-0.1, -0.05) is 29.8 Å². The van der Waals surface area contributed by atoms with Crippen molar-refractivity contribution < 1.29 is 0 Å². The summed E-state index contributed by atoms with van der Waals surface area (Å²) in [6.45, 7) is 0.815. The van der Waals surface area contributed by atoms with E-state index >= 15 is 0 Å². The molecule has 18 heavy (non-hydrogen) atoms. The Morgan fingerprint density at radius 1 is 1.17 bits per heavy atom. The van der Waals surface area contributed by atoms with Gasteiger partial charge in [-0.15, -0.1) is 11.3 Å². The second kappa shape index (κ2) is 4.96. The van der Waals surface area contributed by atoms with E-state index in [2.05, 4.69) is 27.2 Å². The van der Waals surface area contributed by atoms with Crippen LogP contribution in [0.2, 0.25) is 5.02 Å². The average molecular weight is 275 g/mol. The Morgan fingerprint density at radius 3 is 2.72 bits per heavy atom. The monoisotopic (exact) mass is 274 g/mol. The number of benzene rings is 1. The zero-order valence-corrected chi connectivity index (χ0v) is 11.2. The summed E-state index contributed by atoms with van der Waals surface area (Å²) in [5.74, 6) is 0. The minimum absolute atomic E-state index is 0.767. The molecule has 0 saturated carbocycles. The summed E-state index contributed by atoms with van der Waals surface area (Å²) in [6, 6.07) is 12.0. The van der Waals surface area contributed by atoms with E-state index in [9.17, 15) is 0 Å². The van der Waals surface area contributed by atoms with Crippen LogP contribution in [0.15, 0.2) is 54.3 Å². The first-order chi connectivity index (χ1) is 8.81. The van der Waals surface area contributed by atoms with Gasteiger partial charge in [0.2, 0.25) is 0 Å². The SMILES string of the molecule is Clc1ccc(Cn2cnc(-c3cccs3)c2)cc1. The molecule has 0 atom stereocenters. The van der Waals surface area contributed by atoms with E-state index < -0.39 is 0 Å². The predicted octanol–water partition coefficient (Wildman–Crippen LogP) is 4.31. The van der Waals surface area contributed by atoms with Crippen molar-refractivity contribution in [2.75, 3.05) is 0 Å². The highest BCUT2D eigenvalue weighted by Gasteiger charge is 2.03. The molecule has 0 N–H and O–H groups in total. The molecule has 90 valence electrons. The zero-order valence-electron chi connectivity index (χ0n) is 9.58. The molecular weight excluding hydrogens is 264 g/mol. The quantitative estimate of drug-likeness (QED) is 0.696. The lowest BCUT2D eigenvalue weighted by Crippen LogP contribution is -1.95. The first-order valence-electron chi connectivity index (χ1n) is 5.61. The van der Waals surface area contributed by atoms with Gasteiger partial charge in [0.05, 0.1) is 16.9 Å². The maximum Gasteiger partial charge on any atom is 0.0981 e. The lowest BCUT2D eigenvalue weighted by atomic mass is 10.2. The maximum atomic E-state index is 5.87. The summed E-state index contributed by atoms with van der Waals surface area (Å²) < 4.78 is 2.08. The van der Waals surface area contributed by atoms with Crippen molar-refractivity contribution in [3.05, 3.63) is 64.9 Å². The molecule has 2 nitrogen and oxygen atoms in total. The maximum absolute atomic E-state index is 5.87. The van der Waals surface area contributed by atoms with Crippen LogP contribution >= 0.6 is 22.9 Å². The van der Waals surface area contributed by atoms with E-state index in [-0.39, 0.29) is 0 Å². The Kier molecular flexibility index (Phi) is 3.17. The van der Waals surface area contributed by atoms with Gasteiger partial charge in [0.1, 0.15) is 0 Å². The fourth-order valence-corrected chi connectivity index (χ4v) is 2.61. The van der Waals surface area contributed by atoms with E-state index in [0.717, 1.165) is 17.3 Å². The summed E-state index contributed by atoms with van der Waals surface area (Å²) in [6.07, 6.45) is 3.93. The largest absolute Gasteiger partial charge is 0.332 e. The van der Waals surface area contributed by atoms with E-state index in [1.807, 2.05) is 36.7 Å². The van der Waals surface area contributed by atoms with E-state index in [0.29, 0.717) is 0 Å². The van der Waals surface area contributed by atoms with Crippen LogP contribution in [0.5, 0.6) is 0 Å². The average Bonchev–Trinajstić information content (AvgIpc) is 3.02. The minimum Gasteiger partial charge on any atom is -0.332 e. The van der Waals surface area contributed by atoms with Crippen LogP contribution in [0, 0.1) is 0 Å². The number of aromatic nitrogens is 2. The Morgan fingerprint density at radius 2 is 2.00 bits per heavy atom. The standard InChI is InChI=1S/C14H11ClN2S/c15-12-5-3-11(4-6-12)8-17-9-13(16-10-17)14-2-1-7-18-14/h1-7,9-10H,8H2. The molecule has 0 amide bonds. The van der Waals surface area contributed by atoms with Gasteiger partial charge in [0.15, 0.2) is 0 Å². The molecule has 2 aromatic heterocycles. The Balaban J connectivity index is 1.80. The van der Waals surface area contributed by atoms with Gasteiger partial charge in [0, 0.05) is 17.8 Å². The first-order valence-corrected chi connectivity index (χ1v) is 6.87. The Bertz CT molecular complexity index is 626. The van der Waals surface area contributed by atoms with Crippen molar-refractivity contribution in [3.8, 4) is 10.6 Å². The van der Waals surface area contributed by atoms with Crippen LogP contribution < -0.4 is 0 Å². The number of hydrogen-bond donors (Lipinski definition) is 0. The van der Waals surface area contributed by atoms with Crippen molar-refractivity contribution in [1.29, 1.82) is 0 Å². The van der Waals surface area contributed by atoms with Crippen LogP contribution in [0.4, 0.5) is 0 Å². The van der Waals surface area contributed by atoms with Crippen LogP contribution in [0.3, 0.4) is 0 Å². The Hall–Kier alpha value is -1.58. The van der Waals surface area contributed by atoms with Gasteiger partial charge >= 0.3 is 0 Å². The summed E-state index contributed by atoms with van der Waals surface area (Å²) in [7, 11) is 0. The van der Waals surface area contributed by atoms with E-state index in [1.54, 1.807) is 11.3 Å². The van der Waals surface area contributed by atoms with Crippen LogP contribution in [0.1, 0.15) is 5.56 Å². The lowest BCUT2D eigenvalue weighted by molar-refractivity contribution is 0.797. The third-order valence-electron chi connectivity index (χ3n) is 2.69. The summed E-state index contributed by atoms with van der Waals surface area (Å²) in [4.78, 5) is 5.62. The molecule has 1 aromatic carbocycles. The van der Waals surface area contributed by atoms with Gasteiger partial charge in [0.25, 0.3) is 0 Å². The second-order valence-electron chi connectivity index (χ2n) is 4.04. The molecule has 0 fully saturated rings. The molecule has 0 aliphatic heterocycles. The molecule has 0 spiro atoms. The zero-order chi connectivity index (χ0) is 12.4. The van der Waals surface area contributed by atoms with Crippen molar-refractivity contribution in [2.24, 2.45) is 0 Å². The van der Waals surface area contributed by atoms with Crippen molar-refractivity contribution >= 4 is 22.9 Å². The second-order valence-corrected chi connectivity index (χ2v) is 5.42. The fourth-order valence-electron chi connectivity index (χ4n) is 1.80. The molecule has 3 rings (SSSR count). The molecule has 0 unspecified atom stereocenters. The number of rotatable bonds is 3. The van der Waals surface area contributed by atoms with Crippen molar-refractivity contribution in [3.63, 3.8) is 0 Å². The highest BCUT2D eigenvalue weighted by atomic mass is 35.5. The van der Waals surface area contributed by atoms with Crippen molar-refractivity contribution in [2.45, 2.75) is 6.54 Å². The number of hydrogen-bond acceptors (Lipinski definition) is 2. The summed E-state index contributed by atoms with van der Waals surface area (Å²) >= 11 is 7.57. The first kappa shape index (κ1) is 11.5. The lowest BCUT2D eigenvalue weighted by Gasteiger charge is -2.01. The summed E-state index contributed by atoms with van der Waals surface area (Å²) in [5, 5.41) is 2.83. The van der Waals surface area contributed by atoms with Crippen LogP contribution in [-0.4, -0.2) is 9.55 Å². The summed E-state index contributed by atoms with van der Waals surface area (Å²) in [5.41, 5.74) is 2.24. The van der Waals surface area contributed by atoms with Crippen LogP contribution in [0.25, 0.3) is 10.6 Å². The number of thiophene rings is 1. The third kappa shape index (κ3) is 2.47. The molecule has 0 bridgehead atoms. The number of imidazole rings is 1. The van der Waals surface area contributed by atoms with Gasteiger partial charge in [-0.25, -0.2) is 4.98 Å². The fraction of sp³-hybridized carbons (Fsp3) is 0.0714. The highest BCUT2D eigenvalue weighted by molar-refractivity contribution is 7.13.